The number of ether oxygens (including phenoxy) is 2. The minimum atomic E-state index is -3.18. The van der Waals surface area contributed by atoms with Crippen molar-refractivity contribution in [2.45, 2.75) is 108 Å². The molecule has 5 heterocycles. The maximum absolute atomic E-state index is 13.9. The van der Waals surface area contributed by atoms with Crippen LogP contribution in [0.4, 0.5) is 8.78 Å². The van der Waals surface area contributed by atoms with Crippen LogP contribution in [0.5, 0.6) is 5.75 Å². The molecular weight excluding hydrogens is 1120 g/mol. The molecule has 6 rings (SSSR count). The number of benzene rings is 1. The molecule has 85 heavy (non-hydrogen) atoms. The van der Waals surface area contributed by atoms with Crippen molar-refractivity contribution < 1.29 is 82.1 Å². The Bertz CT molecular complexity index is 2670. The van der Waals surface area contributed by atoms with Gasteiger partial charge in [0.15, 0.2) is 0 Å². The van der Waals surface area contributed by atoms with Crippen LogP contribution < -0.4 is 20.7 Å². The quantitative estimate of drug-likeness (QED) is 0.0384. The molecule has 29 heteroatoms. The van der Waals surface area contributed by atoms with Crippen LogP contribution in [0.15, 0.2) is 30.5 Å². The number of rotatable bonds is 29. The first-order valence-corrected chi connectivity index (χ1v) is 28.9. The van der Waals surface area contributed by atoms with Gasteiger partial charge in [0.05, 0.1) is 69.1 Å². The van der Waals surface area contributed by atoms with E-state index in [4.69, 9.17) is 9.47 Å². The lowest BCUT2D eigenvalue weighted by atomic mass is 9.94. The number of piperazine rings is 1. The van der Waals surface area contributed by atoms with Crippen molar-refractivity contribution in [3.63, 3.8) is 0 Å². The van der Waals surface area contributed by atoms with Crippen LogP contribution in [-0.2, 0) is 38.3 Å². The number of fused-ring (bicyclic) bond motifs is 1. The molecule has 0 saturated carbocycles. The highest BCUT2D eigenvalue weighted by molar-refractivity contribution is 6.07. The van der Waals surface area contributed by atoms with Gasteiger partial charge in [0.1, 0.15) is 29.7 Å². The summed E-state index contributed by atoms with van der Waals surface area (Å²) < 4.78 is 39.8. The fourth-order valence-electron chi connectivity index (χ4n) is 11.0. The van der Waals surface area contributed by atoms with Gasteiger partial charge in [-0.05, 0) is 69.2 Å². The van der Waals surface area contributed by atoms with Crippen molar-refractivity contribution in [3.05, 3.63) is 36.0 Å². The van der Waals surface area contributed by atoms with E-state index in [0.717, 1.165) is 4.90 Å². The lowest BCUT2D eigenvalue weighted by Gasteiger charge is -2.35. The number of nitrogens with zero attached hydrogens (tertiary/aromatic N) is 9. The summed E-state index contributed by atoms with van der Waals surface area (Å²) >= 11 is 0. The second kappa shape index (κ2) is 31.6. The number of likely N-dealkylation sites (tertiary alicyclic amines) is 1. The highest BCUT2D eigenvalue weighted by atomic mass is 19.3. The van der Waals surface area contributed by atoms with Crippen LogP contribution in [0.2, 0.25) is 0 Å². The van der Waals surface area contributed by atoms with E-state index in [1.54, 1.807) is 48.8 Å². The predicted molar refractivity (Wildman–Crippen MR) is 300 cm³/mol. The Balaban J connectivity index is 0.903. The number of carboxylic acid groups (broad SMARTS) is 4. The summed E-state index contributed by atoms with van der Waals surface area (Å²) in [6, 6.07) is 5.29. The second-order valence-corrected chi connectivity index (χ2v) is 22.7. The number of aliphatic carboxylic acids is 4. The van der Waals surface area contributed by atoms with Gasteiger partial charge in [-0.3, -0.25) is 73.2 Å². The fraction of sp³-hybridized carbons (Fsp3) is 0.679. The monoisotopic (exact) mass is 1200 g/mol. The Morgan fingerprint density at radius 3 is 1.95 bits per heavy atom. The number of alkyl halides is 2. The summed E-state index contributed by atoms with van der Waals surface area (Å²) in [5.41, 5.74) is -0.276. The van der Waals surface area contributed by atoms with Gasteiger partial charge in [-0.15, -0.1) is 0 Å². The molecule has 4 amide bonds. The number of hydrogen-bond donors (Lipinski definition) is 8. The van der Waals surface area contributed by atoms with Gasteiger partial charge in [0.25, 0.3) is 11.8 Å². The summed E-state index contributed by atoms with van der Waals surface area (Å²) in [5.74, 6) is -9.01. The average Bonchev–Trinajstić information content (AvgIpc) is 2.07. The minimum Gasteiger partial charge on any atom is -0.494 e. The molecule has 27 nitrogen and oxygen atoms in total. The number of hydrogen-bond acceptors (Lipinski definition) is 19. The van der Waals surface area contributed by atoms with Crippen molar-refractivity contribution in [1.29, 1.82) is 5.26 Å². The number of nitrogens with one attached hydrogen (secondary N) is 3. The largest absolute Gasteiger partial charge is 0.494 e. The van der Waals surface area contributed by atoms with Crippen LogP contribution in [-0.4, -0.2) is 285 Å². The van der Waals surface area contributed by atoms with Crippen molar-refractivity contribution >= 4 is 58.4 Å². The summed E-state index contributed by atoms with van der Waals surface area (Å²) in [6.45, 7) is 7.02. The molecule has 6 atom stereocenters. The maximum atomic E-state index is 13.9. The Kier molecular flexibility index (Phi) is 25.0. The number of halogens is 2. The van der Waals surface area contributed by atoms with Crippen LogP contribution >= 0.6 is 0 Å². The first kappa shape index (κ1) is 67.3. The third-order valence-corrected chi connectivity index (χ3v) is 15.9. The lowest BCUT2D eigenvalue weighted by molar-refractivity contribution is -0.145. The second-order valence-electron chi connectivity index (χ2n) is 22.7. The Morgan fingerprint density at radius 2 is 1.38 bits per heavy atom. The fourth-order valence-corrected chi connectivity index (χ4v) is 11.0. The van der Waals surface area contributed by atoms with E-state index in [-0.39, 0.29) is 128 Å². The third kappa shape index (κ3) is 21.0. The molecule has 0 bridgehead atoms. The summed E-state index contributed by atoms with van der Waals surface area (Å²) in [4.78, 5) is 116. The smallest absolute Gasteiger partial charge is 0.320 e. The van der Waals surface area contributed by atoms with E-state index in [1.807, 2.05) is 25.7 Å². The number of carbonyl (C=O) groups excluding carboxylic acids is 4. The molecule has 0 aliphatic carbocycles. The van der Waals surface area contributed by atoms with Crippen LogP contribution in [0.1, 0.15) is 76.1 Å². The number of aliphatic hydroxyl groups excluding tert-OH is 1. The highest BCUT2D eigenvalue weighted by Crippen LogP contribution is 2.39. The molecule has 1 aromatic heterocycles. The molecule has 0 spiro atoms. The van der Waals surface area contributed by atoms with Crippen molar-refractivity contribution in [2.75, 3.05) is 131 Å². The van der Waals surface area contributed by atoms with Crippen molar-refractivity contribution in [1.82, 2.24) is 55.2 Å². The van der Waals surface area contributed by atoms with Gasteiger partial charge >= 0.3 is 23.9 Å². The van der Waals surface area contributed by atoms with E-state index in [9.17, 15) is 77.9 Å². The summed E-state index contributed by atoms with van der Waals surface area (Å²) in [7, 11) is 0. The first-order chi connectivity index (χ1) is 40.3. The molecule has 4 saturated heterocycles. The Hall–Kier alpha value is -6.78. The number of aliphatic hydroxyl groups is 1. The van der Waals surface area contributed by atoms with Gasteiger partial charge in [-0.2, -0.15) is 5.26 Å². The standard InChI is InChI=1S/C56H82F2N12O15/c1-37(2)52(80)43(63-55(3)45(85-55)10-9-44(54(82)83)68-23-19-66(34-50(76)77)17-15-65(33-49(74)75)16-18-67(20-24-68)35-51(78)79)8-11-47(72)69-25-21-64(22-26-69)32-46(71)61-13-4-5-27-84-39-6-7-42-41(28-39)40(12-14-60-42)53(81)62-31-48(73)70-36-56(57,58)29-38(70)30-59/h6-7,12,14,28,37-38,43-45,52,63,80H,4-5,8-11,13,15-27,29,31-36H2,1-3H3,(H,61,71)(H,62,81)(H,74,75)(H,76,77)(H,78,79)(H,82,83). The number of unbranched alkanes of at least 4 members (excludes halogenated alkanes) is 1. The summed E-state index contributed by atoms with van der Waals surface area (Å²) in [5, 5.41) is 69.1. The highest BCUT2D eigenvalue weighted by Gasteiger charge is 2.54. The SMILES string of the molecule is CC(C)C(O)C(CCC(=O)N1CCN(CC(=O)NCCCCOc2ccc3nccc(C(=O)NCC(=O)N4CC(F)(F)CC4C#N)c3c2)CC1)NC1(C)OC1CCC(C(=O)O)N1CCN(CC(=O)O)CCN(CC(=O)O)CCN(CC(=O)O)CC1. The van der Waals surface area contributed by atoms with Gasteiger partial charge in [0.2, 0.25) is 17.7 Å². The topological polar surface area (TPSA) is 355 Å². The van der Waals surface area contributed by atoms with E-state index in [1.165, 1.54) is 12.3 Å². The lowest BCUT2D eigenvalue weighted by Crippen LogP contribution is -2.52. The van der Waals surface area contributed by atoms with Crippen LogP contribution in [0.25, 0.3) is 10.9 Å². The number of nitriles is 1. The molecule has 8 N–H and O–H groups in total. The van der Waals surface area contributed by atoms with Crippen molar-refractivity contribution in [3.8, 4) is 11.8 Å². The number of carbonyl (C=O) groups is 8. The number of pyridine rings is 1. The number of aromatic nitrogens is 1. The number of amides is 4. The molecule has 0 radical (unpaired) electrons. The average molecular weight is 1200 g/mol. The molecule has 470 valence electrons. The minimum absolute atomic E-state index is 0.105. The van der Waals surface area contributed by atoms with E-state index in [2.05, 4.69) is 20.9 Å². The molecule has 4 aliphatic heterocycles. The summed E-state index contributed by atoms with van der Waals surface area (Å²) in [6.07, 6.45) is 1.37. The molecular formula is C56H82F2N12O15. The molecule has 6 unspecified atom stereocenters. The zero-order valence-corrected chi connectivity index (χ0v) is 48.5. The van der Waals surface area contributed by atoms with E-state index < -0.39 is 97.2 Å². The Labute approximate surface area is 492 Å². The molecule has 4 aliphatic rings. The molecule has 1 aromatic carbocycles. The predicted octanol–water partition coefficient (Wildman–Crippen LogP) is -0.277. The molecule has 4 fully saturated rings. The van der Waals surface area contributed by atoms with E-state index >= 15 is 0 Å². The van der Waals surface area contributed by atoms with E-state index in [0.29, 0.717) is 68.8 Å². The number of epoxide rings is 1. The van der Waals surface area contributed by atoms with Crippen LogP contribution in [0.3, 0.4) is 0 Å². The first-order valence-electron chi connectivity index (χ1n) is 28.9. The number of carboxylic acids is 4. The molecule has 2 aromatic rings. The Morgan fingerprint density at radius 1 is 0.788 bits per heavy atom. The van der Waals surface area contributed by atoms with Gasteiger partial charge in [-0.25, -0.2) is 8.78 Å². The zero-order chi connectivity index (χ0) is 62.0. The third-order valence-electron chi connectivity index (χ3n) is 15.9. The zero-order valence-electron chi connectivity index (χ0n) is 48.5. The normalized spacial score (nSPS) is 22.3. The van der Waals surface area contributed by atoms with Gasteiger partial charge < -0.3 is 55.4 Å². The van der Waals surface area contributed by atoms with Crippen molar-refractivity contribution in [2.24, 2.45) is 5.92 Å². The maximum Gasteiger partial charge on any atom is 0.320 e. The van der Waals surface area contributed by atoms with Crippen LogP contribution in [0, 0.1) is 17.2 Å². The van der Waals surface area contributed by atoms with Gasteiger partial charge in [0, 0.05) is 116 Å². The van der Waals surface area contributed by atoms with Gasteiger partial charge in [-0.1, -0.05) is 13.8 Å².